The first-order valence-corrected chi connectivity index (χ1v) is 11.9. The second kappa shape index (κ2) is 10.4. The zero-order valence-electron chi connectivity index (χ0n) is 17.9. The molecule has 0 aromatic heterocycles. The lowest BCUT2D eigenvalue weighted by Crippen LogP contribution is -2.32. The molecule has 7 heteroatoms. The Bertz CT molecular complexity index is 1120. The number of benzene rings is 3. The number of hydrogen-bond donors (Lipinski definition) is 1. The summed E-state index contributed by atoms with van der Waals surface area (Å²) in [5, 5.41) is 4.73. The van der Waals surface area contributed by atoms with Gasteiger partial charge in [-0.15, -0.1) is 0 Å². The molecule has 0 heterocycles. The van der Waals surface area contributed by atoms with E-state index in [-0.39, 0.29) is 17.4 Å². The molecular formula is C24H28N2O4S. The van der Waals surface area contributed by atoms with Gasteiger partial charge in [-0.3, -0.25) is 4.79 Å². The van der Waals surface area contributed by atoms with E-state index in [1.54, 1.807) is 12.1 Å². The number of nitrogens with zero attached hydrogens (tertiary/aromatic N) is 1. The lowest BCUT2D eigenvalue weighted by molar-refractivity contribution is -0.118. The molecule has 0 unspecified atom stereocenters. The van der Waals surface area contributed by atoms with Gasteiger partial charge in [-0.25, -0.2) is 8.42 Å². The molecule has 0 aliphatic carbocycles. The summed E-state index contributed by atoms with van der Waals surface area (Å²) in [6, 6.07) is 19.7. The molecule has 0 spiro atoms. The van der Waals surface area contributed by atoms with Crippen LogP contribution in [0.5, 0.6) is 5.75 Å². The first-order valence-electron chi connectivity index (χ1n) is 10.5. The molecular weight excluding hydrogens is 412 g/mol. The van der Waals surface area contributed by atoms with Gasteiger partial charge in [-0.1, -0.05) is 50.2 Å². The Kier molecular flexibility index (Phi) is 7.65. The third-order valence-electron chi connectivity index (χ3n) is 4.83. The highest BCUT2D eigenvalue weighted by atomic mass is 32.2. The fourth-order valence-corrected chi connectivity index (χ4v) is 5.00. The molecule has 6 nitrogen and oxygen atoms in total. The lowest BCUT2D eigenvalue weighted by atomic mass is 10.1. The third-order valence-corrected chi connectivity index (χ3v) is 6.74. The van der Waals surface area contributed by atoms with E-state index in [2.05, 4.69) is 5.32 Å². The predicted octanol–water partition coefficient (Wildman–Crippen LogP) is 4.67. The van der Waals surface area contributed by atoms with Crippen LogP contribution in [0.2, 0.25) is 0 Å². The minimum atomic E-state index is -3.54. The first-order chi connectivity index (χ1) is 15.0. The number of rotatable bonds is 10. The summed E-state index contributed by atoms with van der Waals surface area (Å²) in [6.45, 7) is 4.74. The Labute approximate surface area is 183 Å². The average molecular weight is 441 g/mol. The largest absolute Gasteiger partial charge is 0.483 e. The van der Waals surface area contributed by atoms with Gasteiger partial charge in [0.25, 0.3) is 5.91 Å². The highest BCUT2D eigenvalue weighted by Crippen LogP contribution is 2.25. The molecule has 0 aliphatic heterocycles. The van der Waals surface area contributed by atoms with E-state index in [1.807, 2.05) is 56.3 Å². The number of hydrogen-bond acceptors (Lipinski definition) is 4. The van der Waals surface area contributed by atoms with Gasteiger partial charge in [-0.05, 0) is 48.6 Å². The number of sulfonamides is 1. The number of amides is 1. The van der Waals surface area contributed by atoms with E-state index in [0.29, 0.717) is 24.5 Å². The number of fused-ring (bicyclic) bond motifs is 1. The van der Waals surface area contributed by atoms with E-state index in [9.17, 15) is 13.2 Å². The second-order valence-electron chi connectivity index (χ2n) is 7.24. The van der Waals surface area contributed by atoms with Crippen molar-refractivity contribution >= 4 is 32.4 Å². The maximum Gasteiger partial charge on any atom is 0.262 e. The van der Waals surface area contributed by atoms with Gasteiger partial charge in [0, 0.05) is 24.2 Å². The van der Waals surface area contributed by atoms with Crippen LogP contribution in [-0.2, 0) is 14.8 Å². The van der Waals surface area contributed by atoms with Crippen molar-refractivity contribution in [1.82, 2.24) is 4.31 Å². The number of anilines is 1. The first kappa shape index (κ1) is 22.8. The van der Waals surface area contributed by atoms with Crippen LogP contribution < -0.4 is 10.1 Å². The fourth-order valence-electron chi connectivity index (χ4n) is 3.37. The number of ether oxygens (including phenoxy) is 1. The Morgan fingerprint density at radius 1 is 0.903 bits per heavy atom. The Hall–Kier alpha value is -2.90. The van der Waals surface area contributed by atoms with Crippen LogP contribution in [0.15, 0.2) is 71.6 Å². The van der Waals surface area contributed by atoms with E-state index >= 15 is 0 Å². The smallest absolute Gasteiger partial charge is 0.262 e. The molecule has 164 valence electrons. The molecule has 3 rings (SSSR count). The molecule has 3 aromatic carbocycles. The summed E-state index contributed by atoms with van der Waals surface area (Å²) in [4.78, 5) is 12.5. The molecule has 1 amide bonds. The molecule has 0 saturated heterocycles. The van der Waals surface area contributed by atoms with Gasteiger partial charge in [0.15, 0.2) is 6.61 Å². The van der Waals surface area contributed by atoms with Gasteiger partial charge < -0.3 is 10.1 Å². The lowest BCUT2D eigenvalue weighted by Gasteiger charge is -2.21. The summed E-state index contributed by atoms with van der Waals surface area (Å²) < 4.78 is 32.9. The average Bonchev–Trinajstić information content (AvgIpc) is 2.78. The minimum Gasteiger partial charge on any atom is -0.483 e. The maximum absolute atomic E-state index is 12.8. The van der Waals surface area contributed by atoms with Crippen LogP contribution in [0.3, 0.4) is 0 Å². The van der Waals surface area contributed by atoms with Crippen molar-refractivity contribution in [3.8, 4) is 5.75 Å². The topological polar surface area (TPSA) is 75.7 Å². The van der Waals surface area contributed by atoms with Gasteiger partial charge >= 0.3 is 0 Å². The van der Waals surface area contributed by atoms with E-state index < -0.39 is 10.0 Å². The molecule has 0 fully saturated rings. The SMILES string of the molecule is CCCN(CCC)S(=O)(=O)c1ccc(NC(=O)COc2cccc3ccccc23)cc1. The Balaban J connectivity index is 1.63. The van der Waals surface area contributed by atoms with Crippen molar-refractivity contribution in [2.45, 2.75) is 31.6 Å². The molecule has 0 saturated carbocycles. The van der Waals surface area contributed by atoms with Crippen LogP contribution in [-0.4, -0.2) is 38.3 Å². The normalized spacial score (nSPS) is 11.6. The van der Waals surface area contributed by atoms with Gasteiger partial charge in [-0.2, -0.15) is 4.31 Å². The summed E-state index contributed by atoms with van der Waals surface area (Å²) in [6.07, 6.45) is 1.51. The summed E-state index contributed by atoms with van der Waals surface area (Å²) in [5.41, 5.74) is 0.517. The number of nitrogens with one attached hydrogen (secondary N) is 1. The highest BCUT2D eigenvalue weighted by Gasteiger charge is 2.22. The van der Waals surface area contributed by atoms with E-state index in [1.165, 1.54) is 16.4 Å². The van der Waals surface area contributed by atoms with Crippen LogP contribution in [0, 0.1) is 0 Å². The summed E-state index contributed by atoms with van der Waals surface area (Å²) in [7, 11) is -3.54. The quantitative estimate of drug-likeness (QED) is 0.497. The van der Waals surface area contributed by atoms with Crippen molar-refractivity contribution in [1.29, 1.82) is 0 Å². The van der Waals surface area contributed by atoms with Crippen LogP contribution in [0.4, 0.5) is 5.69 Å². The van der Waals surface area contributed by atoms with Crippen molar-refractivity contribution < 1.29 is 17.9 Å². The van der Waals surface area contributed by atoms with Crippen LogP contribution >= 0.6 is 0 Å². The van der Waals surface area contributed by atoms with Crippen molar-refractivity contribution in [3.63, 3.8) is 0 Å². The monoisotopic (exact) mass is 440 g/mol. The van der Waals surface area contributed by atoms with Crippen LogP contribution in [0.1, 0.15) is 26.7 Å². The van der Waals surface area contributed by atoms with Gasteiger partial charge in [0.1, 0.15) is 5.75 Å². The van der Waals surface area contributed by atoms with Crippen LogP contribution in [0.25, 0.3) is 10.8 Å². The third kappa shape index (κ3) is 5.62. The zero-order valence-corrected chi connectivity index (χ0v) is 18.7. The predicted molar refractivity (Wildman–Crippen MR) is 124 cm³/mol. The summed E-state index contributed by atoms with van der Waals surface area (Å²) >= 11 is 0. The zero-order chi connectivity index (χ0) is 22.3. The van der Waals surface area contributed by atoms with Crippen molar-refractivity contribution in [2.24, 2.45) is 0 Å². The second-order valence-corrected chi connectivity index (χ2v) is 9.18. The molecule has 0 bridgehead atoms. The molecule has 3 aromatic rings. The van der Waals surface area contributed by atoms with E-state index in [0.717, 1.165) is 23.6 Å². The van der Waals surface area contributed by atoms with Gasteiger partial charge in [0.05, 0.1) is 4.90 Å². The Morgan fingerprint density at radius 3 is 2.23 bits per heavy atom. The van der Waals surface area contributed by atoms with Crippen molar-refractivity contribution in [3.05, 3.63) is 66.7 Å². The molecule has 0 radical (unpaired) electrons. The minimum absolute atomic E-state index is 0.144. The molecule has 31 heavy (non-hydrogen) atoms. The van der Waals surface area contributed by atoms with Gasteiger partial charge in [0.2, 0.25) is 10.0 Å². The number of carbonyl (C=O) groups excluding carboxylic acids is 1. The molecule has 0 atom stereocenters. The molecule has 0 aliphatic rings. The Morgan fingerprint density at radius 2 is 1.55 bits per heavy atom. The van der Waals surface area contributed by atoms with E-state index in [4.69, 9.17) is 4.74 Å². The number of carbonyl (C=O) groups is 1. The maximum atomic E-state index is 12.8. The highest BCUT2D eigenvalue weighted by molar-refractivity contribution is 7.89. The molecule has 1 N–H and O–H groups in total. The van der Waals surface area contributed by atoms with Crippen molar-refractivity contribution in [2.75, 3.05) is 25.0 Å². The fraction of sp³-hybridized carbons (Fsp3) is 0.292. The summed E-state index contributed by atoms with van der Waals surface area (Å²) in [5.74, 6) is 0.323. The standard InChI is InChI=1S/C24H28N2O4S/c1-3-16-26(17-4-2)31(28,29)21-14-12-20(13-15-21)25-24(27)18-30-23-11-7-9-19-8-5-6-10-22(19)23/h5-15H,3-4,16-18H2,1-2H3,(H,25,27).